The summed E-state index contributed by atoms with van der Waals surface area (Å²) in [6.07, 6.45) is -3.65. The molecule has 2 aromatic heterocycles. The molecule has 3 rings (SSSR count). The summed E-state index contributed by atoms with van der Waals surface area (Å²) in [5, 5.41) is 11.7. The fourth-order valence-corrected chi connectivity index (χ4v) is 3.15. The summed E-state index contributed by atoms with van der Waals surface area (Å²) >= 11 is 1.11. The lowest BCUT2D eigenvalue weighted by Crippen LogP contribution is -2.22. The van der Waals surface area contributed by atoms with Crippen LogP contribution in [0.1, 0.15) is 23.9 Å². The van der Waals surface area contributed by atoms with E-state index in [1.54, 1.807) is 4.57 Å². The molecule has 1 N–H and O–H groups in total. The monoisotopic (exact) mass is 407 g/mol. The first-order valence-electron chi connectivity index (χ1n) is 8.24. The molecule has 6 nitrogen and oxygen atoms in total. The maximum Gasteiger partial charge on any atom is 0.417 e. The van der Waals surface area contributed by atoms with Gasteiger partial charge in [0.05, 0.1) is 18.7 Å². The van der Waals surface area contributed by atoms with Crippen molar-refractivity contribution in [3.05, 3.63) is 65.6 Å². The molecule has 1 amide bonds. The lowest BCUT2D eigenvalue weighted by molar-refractivity contribution is -0.137. The van der Waals surface area contributed by atoms with Crippen molar-refractivity contribution >= 4 is 17.7 Å². The number of nitrogens with one attached hydrogen (secondary N) is 1. The summed E-state index contributed by atoms with van der Waals surface area (Å²) in [5.41, 5.74) is 0.183. The zero-order valence-corrected chi connectivity index (χ0v) is 15.6. The van der Waals surface area contributed by atoms with E-state index in [1.807, 2.05) is 30.3 Å². The standard InChI is InChI=1S/C18H16F3N5OS/c1-12(27)22-10-15-24-25-17(26(15)11-13-5-3-2-4-6-13)28-16-8-7-14(9-23-16)18(19,20)21/h2-9H,10-11H2,1H3,(H,22,27). The number of hydrogen-bond donors (Lipinski definition) is 1. The molecule has 1 aromatic carbocycles. The maximum atomic E-state index is 12.7. The molecular weight excluding hydrogens is 391 g/mol. The number of pyridine rings is 1. The number of amides is 1. The van der Waals surface area contributed by atoms with Crippen LogP contribution in [0.25, 0.3) is 0 Å². The topological polar surface area (TPSA) is 72.7 Å². The predicted molar refractivity (Wildman–Crippen MR) is 96.4 cm³/mol. The minimum atomic E-state index is -4.44. The number of carbonyl (C=O) groups excluding carboxylic acids is 1. The first kappa shape index (κ1) is 19.9. The van der Waals surface area contributed by atoms with Crippen LogP contribution in [0.3, 0.4) is 0 Å². The average molecular weight is 407 g/mol. The van der Waals surface area contributed by atoms with Crippen molar-refractivity contribution in [2.75, 3.05) is 0 Å². The summed E-state index contributed by atoms with van der Waals surface area (Å²) in [5.74, 6) is 0.335. The second kappa shape index (κ2) is 8.42. The molecule has 0 aliphatic rings. The predicted octanol–water partition coefficient (Wildman–Crippen LogP) is 3.53. The molecule has 2 heterocycles. The van der Waals surface area contributed by atoms with Gasteiger partial charge in [0.2, 0.25) is 5.91 Å². The number of carbonyl (C=O) groups is 1. The summed E-state index contributed by atoms with van der Waals surface area (Å²) in [6.45, 7) is 2.04. The molecule has 0 bridgehead atoms. The van der Waals surface area contributed by atoms with Crippen molar-refractivity contribution in [3.63, 3.8) is 0 Å². The van der Waals surface area contributed by atoms with Crippen LogP contribution in [0, 0.1) is 0 Å². The first-order chi connectivity index (χ1) is 13.3. The van der Waals surface area contributed by atoms with Crippen LogP contribution in [0.5, 0.6) is 0 Å². The highest BCUT2D eigenvalue weighted by Crippen LogP contribution is 2.31. The molecule has 0 saturated heterocycles. The Balaban J connectivity index is 1.86. The second-order valence-corrected chi connectivity index (χ2v) is 6.85. The van der Waals surface area contributed by atoms with Crippen molar-refractivity contribution in [2.24, 2.45) is 0 Å². The Morgan fingerprint density at radius 3 is 2.50 bits per heavy atom. The summed E-state index contributed by atoms with van der Waals surface area (Å²) in [7, 11) is 0. The lowest BCUT2D eigenvalue weighted by Gasteiger charge is -2.11. The summed E-state index contributed by atoms with van der Waals surface area (Å²) in [6, 6.07) is 11.8. The highest BCUT2D eigenvalue weighted by atomic mass is 32.2. The number of benzene rings is 1. The molecular formula is C18H16F3N5OS. The van der Waals surface area contributed by atoms with Crippen molar-refractivity contribution in [1.82, 2.24) is 25.1 Å². The summed E-state index contributed by atoms with van der Waals surface area (Å²) in [4.78, 5) is 15.1. The largest absolute Gasteiger partial charge is 0.417 e. The van der Waals surface area contributed by atoms with Gasteiger partial charge in [0.15, 0.2) is 11.0 Å². The molecule has 0 atom stereocenters. The Morgan fingerprint density at radius 2 is 1.89 bits per heavy atom. The quantitative estimate of drug-likeness (QED) is 0.677. The molecule has 0 radical (unpaired) electrons. The minimum absolute atomic E-state index is 0.191. The fraction of sp³-hybridized carbons (Fsp3) is 0.222. The molecule has 3 aromatic rings. The van der Waals surface area contributed by atoms with Gasteiger partial charge in [-0.15, -0.1) is 10.2 Å². The van der Waals surface area contributed by atoms with E-state index in [9.17, 15) is 18.0 Å². The van der Waals surface area contributed by atoms with Crippen LogP contribution < -0.4 is 5.32 Å². The van der Waals surface area contributed by atoms with Crippen LogP contribution in [0.4, 0.5) is 13.2 Å². The van der Waals surface area contributed by atoms with Gasteiger partial charge in [0.1, 0.15) is 5.03 Å². The van der Waals surface area contributed by atoms with Gasteiger partial charge in [-0.3, -0.25) is 9.36 Å². The maximum absolute atomic E-state index is 12.7. The molecule has 0 aliphatic carbocycles. The number of hydrogen-bond acceptors (Lipinski definition) is 5. The van der Waals surface area contributed by atoms with Gasteiger partial charge in [-0.2, -0.15) is 13.2 Å². The third-order valence-corrected chi connectivity index (χ3v) is 4.67. The molecule has 0 saturated carbocycles. The van der Waals surface area contributed by atoms with Crippen molar-refractivity contribution in [2.45, 2.75) is 36.4 Å². The number of rotatable bonds is 6. The molecule has 146 valence electrons. The zero-order chi connectivity index (χ0) is 20.1. The zero-order valence-electron chi connectivity index (χ0n) is 14.8. The van der Waals surface area contributed by atoms with E-state index in [0.717, 1.165) is 29.6 Å². The van der Waals surface area contributed by atoms with Crippen LogP contribution in [-0.2, 0) is 24.1 Å². The van der Waals surface area contributed by atoms with Gasteiger partial charge < -0.3 is 5.32 Å². The van der Waals surface area contributed by atoms with E-state index in [0.29, 0.717) is 22.6 Å². The van der Waals surface area contributed by atoms with Crippen LogP contribution in [0.15, 0.2) is 58.8 Å². The first-order valence-corrected chi connectivity index (χ1v) is 9.06. The van der Waals surface area contributed by atoms with E-state index >= 15 is 0 Å². The van der Waals surface area contributed by atoms with Crippen molar-refractivity contribution in [3.8, 4) is 0 Å². The number of halogens is 3. The van der Waals surface area contributed by atoms with E-state index in [-0.39, 0.29) is 12.5 Å². The van der Waals surface area contributed by atoms with Crippen LogP contribution in [0.2, 0.25) is 0 Å². The molecule has 0 unspecified atom stereocenters. The highest BCUT2D eigenvalue weighted by Gasteiger charge is 2.30. The normalized spacial score (nSPS) is 11.4. The van der Waals surface area contributed by atoms with E-state index in [1.165, 1.54) is 13.0 Å². The van der Waals surface area contributed by atoms with Crippen LogP contribution >= 0.6 is 11.8 Å². The smallest absolute Gasteiger partial charge is 0.349 e. The van der Waals surface area contributed by atoms with Gasteiger partial charge in [-0.1, -0.05) is 30.3 Å². The SMILES string of the molecule is CC(=O)NCc1nnc(Sc2ccc(C(F)(F)F)cn2)n1Cc1ccccc1. The van der Waals surface area contributed by atoms with Crippen molar-refractivity contribution in [1.29, 1.82) is 0 Å². The Kier molecular flexibility index (Phi) is 5.98. The molecule has 0 spiro atoms. The van der Waals surface area contributed by atoms with Crippen molar-refractivity contribution < 1.29 is 18.0 Å². The average Bonchev–Trinajstić information content (AvgIpc) is 3.02. The third kappa shape index (κ3) is 5.10. The highest BCUT2D eigenvalue weighted by molar-refractivity contribution is 7.99. The van der Waals surface area contributed by atoms with E-state index < -0.39 is 11.7 Å². The molecule has 0 fully saturated rings. The van der Waals surface area contributed by atoms with Gasteiger partial charge in [-0.25, -0.2) is 4.98 Å². The van der Waals surface area contributed by atoms with Gasteiger partial charge in [0.25, 0.3) is 0 Å². The number of nitrogens with zero attached hydrogens (tertiary/aromatic N) is 4. The Hall–Kier alpha value is -2.88. The third-order valence-electron chi connectivity index (χ3n) is 3.73. The molecule has 0 aliphatic heterocycles. The fourth-order valence-electron chi connectivity index (χ4n) is 2.36. The summed E-state index contributed by atoms with van der Waals surface area (Å²) < 4.78 is 39.9. The molecule has 10 heteroatoms. The van der Waals surface area contributed by atoms with Gasteiger partial charge in [-0.05, 0) is 29.5 Å². The Morgan fingerprint density at radius 1 is 1.14 bits per heavy atom. The Labute approximate surface area is 163 Å². The van der Waals surface area contributed by atoms with Crippen LogP contribution in [-0.4, -0.2) is 25.7 Å². The van der Waals surface area contributed by atoms with Gasteiger partial charge in [0, 0.05) is 13.1 Å². The number of aromatic nitrogens is 4. The lowest BCUT2D eigenvalue weighted by atomic mass is 10.2. The number of alkyl halides is 3. The second-order valence-electron chi connectivity index (χ2n) is 5.87. The van der Waals surface area contributed by atoms with E-state index in [2.05, 4.69) is 20.5 Å². The molecule has 28 heavy (non-hydrogen) atoms. The van der Waals surface area contributed by atoms with Gasteiger partial charge >= 0.3 is 6.18 Å². The van der Waals surface area contributed by atoms with E-state index in [4.69, 9.17) is 0 Å². The Bertz CT molecular complexity index is 942. The minimum Gasteiger partial charge on any atom is -0.349 e.